The zero-order valence-electron chi connectivity index (χ0n) is 16.8. The maximum absolute atomic E-state index is 13.0. The van der Waals surface area contributed by atoms with Gasteiger partial charge in [-0.05, 0) is 49.8 Å². The van der Waals surface area contributed by atoms with Gasteiger partial charge in [0.15, 0.2) is 0 Å². The normalized spacial score (nSPS) is 24.2. The lowest BCUT2D eigenvalue weighted by molar-refractivity contribution is -0.143. The van der Waals surface area contributed by atoms with E-state index in [0.717, 1.165) is 0 Å². The summed E-state index contributed by atoms with van der Waals surface area (Å²) in [6.45, 7) is -0.305. The first kappa shape index (κ1) is 26.3. The Bertz CT molecular complexity index is 776. The van der Waals surface area contributed by atoms with E-state index in [2.05, 4.69) is 0 Å². The number of allylic oxidation sites excluding steroid dienone is 2. The van der Waals surface area contributed by atoms with E-state index < -0.39 is 52.6 Å². The molecule has 2 rings (SSSR count). The van der Waals surface area contributed by atoms with Gasteiger partial charge >= 0.3 is 18.3 Å². The van der Waals surface area contributed by atoms with Gasteiger partial charge in [0.05, 0.1) is 23.8 Å². The Morgan fingerprint density at radius 2 is 1.66 bits per heavy atom. The van der Waals surface area contributed by atoms with E-state index in [1.807, 2.05) is 0 Å². The lowest BCUT2D eigenvalue weighted by Crippen LogP contribution is -2.27. The summed E-state index contributed by atoms with van der Waals surface area (Å²) in [4.78, 5) is 10.5. The van der Waals surface area contributed by atoms with Crippen LogP contribution in [0.15, 0.2) is 30.4 Å². The summed E-state index contributed by atoms with van der Waals surface area (Å²) >= 11 is 6.28. The quantitative estimate of drug-likeness (QED) is 0.196. The molecule has 0 amide bonds. The van der Waals surface area contributed by atoms with Gasteiger partial charge in [0, 0.05) is 17.7 Å². The number of halogens is 7. The van der Waals surface area contributed by atoms with Crippen molar-refractivity contribution in [3.05, 3.63) is 41.5 Å². The number of unbranched alkanes of at least 4 members (excludes halogenated alkanes) is 1. The van der Waals surface area contributed by atoms with Crippen molar-refractivity contribution in [3.8, 4) is 5.75 Å². The maximum Gasteiger partial charge on any atom is 0.416 e. The number of hydrogen-bond donors (Lipinski definition) is 2. The minimum atomic E-state index is -4.98. The summed E-state index contributed by atoms with van der Waals surface area (Å²) in [5.74, 6) is -2.40. The third kappa shape index (κ3) is 7.58. The van der Waals surface area contributed by atoms with Crippen molar-refractivity contribution in [1.29, 1.82) is 0 Å². The summed E-state index contributed by atoms with van der Waals surface area (Å²) in [6.07, 6.45) is -5.72. The molecular weight excluding hydrogens is 466 g/mol. The van der Waals surface area contributed by atoms with Crippen LogP contribution in [0.5, 0.6) is 5.75 Å². The third-order valence-corrected chi connectivity index (χ3v) is 5.82. The summed E-state index contributed by atoms with van der Waals surface area (Å²) in [6, 6.07) is 1.00. The Balaban J connectivity index is 2.08. The van der Waals surface area contributed by atoms with E-state index >= 15 is 0 Å². The van der Waals surface area contributed by atoms with Crippen molar-refractivity contribution in [1.82, 2.24) is 0 Å². The molecule has 0 spiro atoms. The molecule has 0 bridgehead atoms. The molecule has 1 saturated carbocycles. The number of carboxylic acids is 1. The van der Waals surface area contributed by atoms with E-state index in [9.17, 15) is 36.2 Å². The summed E-state index contributed by atoms with van der Waals surface area (Å²) in [5, 5.41) is 18.4. The predicted octanol–water partition coefficient (Wildman–Crippen LogP) is 5.91. The van der Waals surface area contributed by atoms with Crippen LogP contribution in [-0.2, 0) is 17.1 Å². The molecule has 1 aromatic rings. The Labute approximate surface area is 185 Å². The van der Waals surface area contributed by atoms with Crippen LogP contribution in [0.3, 0.4) is 0 Å². The number of hydrogen-bond acceptors (Lipinski definition) is 3. The van der Waals surface area contributed by atoms with Gasteiger partial charge < -0.3 is 14.9 Å². The minimum absolute atomic E-state index is 0.0179. The highest BCUT2D eigenvalue weighted by Crippen LogP contribution is 2.41. The molecule has 4 atom stereocenters. The average Bonchev–Trinajstić information content (AvgIpc) is 2.93. The highest BCUT2D eigenvalue weighted by Gasteiger charge is 2.42. The van der Waals surface area contributed by atoms with E-state index in [1.54, 1.807) is 12.2 Å². The van der Waals surface area contributed by atoms with E-state index in [4.69, 9.17) is 21.4 Å². The second kappa shape index (κ2) is 10.8. The molecule has 0 aromatic heterocycles. The van der Waals surface area contributed by atoms with Crippen LogP contribution in [-0.4, -0.2) is 34.3 Å². The van der Waals surface area contributed by atoms with Gasteiger partial charge in [-0.2, -0.15) is 26.3 Å². The van der Waals surface area contributed by atoms with E-state index in [-0.39, 0.29) is 31.4 Å². The molecule has 4 nitrogen and oxygen atoms in total. The van der Waals surface area contributed by atoms with Crippen LogP contribution in [0.25, 0.3) is 0 Å². The Morgan fingerprint density at radius 3 is 2.19 bits per heavy atom. The van der Waals surface area contributed by atoms with Crippen molar-refractivity contribution in [2.75, 3.05) is 6.61 Å². The maximum atomic E-state index is 13.0. The minimum Gasteiger partial charge on any atom is -0.493 e. The number of rotatable bonds is 9. The molecule has 1 aliphatic rings. The summed E-state index contributed by atoms with van der Waals surface area (Å²) < 4.78 is 83.3. The fraction of sp³-hybridized carbons (Fsp3) is 0.571. The Morgan fingerprint density at radius 1 is 1.06 bits per heavy atom. The van der Waals surface area contributed by atoms with Gasteiger partial charge in [-0.15, -0.1) is 11.6 Å². The number of ether oxygens (including phenoxy) is 1. The molecule has 1 aliphatic carbocycles. The third-order valence-electron chi connectivity index (χ3n) is 5.32. The monoisotopic (exact) mass is 488 g/mol. The summed E-state index contributed by atoms with van der Waals surface area (Å²) in [7, 11) is 0. The van der Waals surface area contributed by atoms with Crippen LogP contribution in [0, 0.1) is 11.8 Å². The molecule has 2 N–H and O–H groups in total. The number of aliphatic hydroxyl groups excluding tert-OH is 1. The van der Waals surface area contributed by atoms with Gasteiger partial charge in [-0.3, -0.25) is 4.79 Å². The average molecular weight is 489 g/mol. The number of benzene rings is 1. The number of aliphatic hydroxyl groups is 1. The molecule has 0 radical (unpaired) electrons. The molecular formula is C21H23ClF6O4. The first-order valence-corrected chi connectivity index (χ1v) is 10.3. The van der Waals surface area contributed by atoms with Crippen molar-refractivity contribution in [2.24, 2.45) is 11.8 Å². The number of alkyl halides is 7. The zero-order chi connectivity index (χ0) is 24.1. The smallest absolute Gasteiger partial charge is 0.416 e. The molecule has 0 saturated heterocycles. The molecule has 11 heteroatoms. The topological polar surface area (TPSA) is 66.8 Å². The van der Waals surface area contributed by atoms with E-state index in [1.165, 1.54) is 0 Å². The van der Waals surface area contributed by atoms with E-state index in [0.29, 0.717) is 31.4 Å². The Hall–Kier alpha value is -1.94. The summed E-state index contributed by atoms with van der Waals surface area (Å²) in [5.41, 5.74) is -2.96. The van der Waals surface area contributed by atoms with Gasteiger partial charge in [-0.25, -0.2) is 0 Å². The molecule has 1 fully saturated rings. The van der Waals surface area contributed by atoms with Crippen molar-refractivity contribution >= 4 is 17.6 Å². The standard InChI is InChI=1S/C21H23ClF6O4/c22-17-10-18(29)16(15(17)5-3-1-2-4-6-19(30)31)11-32-14-8-12(20(23,24)25)7-13(9-14)21(26,27)28/h1,3,7-9,15-18,29H,2,4-6,10-11H2,(H,30,31)/b3-1-/t15-,16+,17-,18-/m1/s1. The second-order valence-electron chi connectivity index (χ2n) is 7.69. The molecule has 32 heavy (non-hydrogen) atoms. The highest BCUT2D eigenvalue weighted by molar-refractivity contribution is 6.21. The first-order chi connectivity index (χ1) is 14.8. The number of carbonyl (C=O) groups is 1. The molecule has 0 unspecified atom stereocenters. The van der Waals surface area contributed by atoms with Gasteiger partial charge in [0.2, 0.25) is 0 Å². The number of carboxylic acid groups (broad SMARTS) is 1. The zero-order valence-corrected chi connectivity index (χ0v) is 17.6. The van der Waals surface area contributed by atoms with Crippen LogP contribution >= 0.6 is 11.6 Å². The first-order valence-electron chi connectivity index (χ1n) is 9.90. The second-order valence-corrected chi connectivity index (χ2v) is 8.25. The largest absolute Gasteiger partial charge is 0.493 e. The van der Waals surface area contributed by atoms with Crippen LogP contribution in [0.1, 0.15) is 43.2 Å². The van der Waals surface area contributed by atoms with Crippen molar-refractivity contribution < 1.29 is 46.1 Å². The highest BCUT2D eigenvalue weighted by atomic mass is 35.5. The van der Waals surface area contributed by atoms with Crippen LogP contribution in [0.2, 0.25) is 0 Å². The lowest BCUT2D eigenvalue weighted by atomic mass is 9.92. The fourth-order valence-corrected chi connectivity index (χ4v) is 4.11. The van der Waals surface area contributed by atoms with Crippen LogP contribution in [0.4, 0.5) is 26.3 Å². The number of aliphatic carboxylic acids is 1. The SMILES string of the molecule is O=C(O)CCC/C=C\C[C@@H]1[C@H](COc2cc(C(F)(F)F)cc(C(F)(F)F)c2)[C@H](O)C[C@H]1Cl. The fourth-order valence-electron chi connectivity index (χ4n) is 3.64. The Kier molecular flexibility index (Phi) is 8.87. The molecule has 0 aliphatic heterocycles. The predicted molar refractivity (Wildman–Crippen MR) is 104 cm³/mol. The van der Waals surface area contributed by atoms with Crippen molar-refractivity contribution in [3.63, 3.8) is 0 Å². The van der Waals surface area contributed by atoms with Crippen molar-refractivity contribution in [2.45, 2.75) is 55.9 Å². The van der Waals surface area contributed by atoms with Crippen LogP contribution < -0.4 is 4.74 Å². The molecule has 180 valence electrons. The molecule has 1 aromatic carbocycles. The van der Waals surface area contributed by atoms with Gasteiger partial charge in [0.25, 0.3) is 0 Å². The van der Waals surface area contributed by atoms with Gasteiger partial charge in [-0.1, -0.05) is 12.2 Å². The molecule has 0 heterocycles. The lowest BCUT2D eigenvalue weighted by Gasteiger charge is -2.23. The van der Waals surface area contributed by atoms with Gasteiger partial charge in [0.1, 0.15) is 5.75 Å².